The van der Waals surface area contributed by atoms with Crippen molar-refractivity contribution in [3.05, 3.63) is 52.5 Å². The van der Waals surface area contributed by atoms with Gasteiger partial charge in [0.15, 0.2) is 6.61 Å². The molecule has 3 rings (SSSR count). The summed E-state index contributed by atoms with van der Waals surface area (Å²) in [7, 11) is 0. The van der Waals surface area contributed by atoms with E-state index >= 15 is 0 Å². The zero-order chi connectivity index (χ0) is 25.3. The molecule has 3 atom stereocenters. The molecule has 0 saturated heterocycles. The molecular formula is C24H23ClF6O3. The molecule has 1 aliphatic rings. The fraction of sp³-hybridized carbons (Fsp3) is 0.458. The molecular weight excluding hydrogens is 486 g/mol. The summed E-state index contributed by atoms with van der Waals surface area (Å²) in [6.07, 6.45) is -7.71. The first kappa shape index (κ1) is 26.2. The van der Waals surface area contributed by atoms with E-state index in [0.717, 1.165) is 37.1 Å². The van der Waals surface area contributed by atoms with Gasteiger partial charge < -0.3 is 9.47 Å². The molecule has 2 aromatic carbocycles. The Morgan fingerprint density at radius 1 is 1.09 bits per heavy atom. The van der Waals surface area contributed by atoms with Crippen LogP contribution in [-0.4, -0.2) is 25.4 Å². The molecule has 2 aromatic rings. The van der Waals surface area contributed by atoms with Crippen molar-refractivity contribution in [1.82, 2.24) is 0 Å². The maximum Gasteiger partial charge on any atom is 0.422 e. The van der Waals surface area contributed by atoms with Gasteiger partial charge in [0, 0.05) is 5.56 Å². The van der Waals surface area contributed by atoms with Crippen molar-refractivity contribution in [2.45, 2.75) is 45.0 Å². The van der Waals surface area contributed by atoms with Crippen LogP contribution in [0.15, 0.2) is 36.4 Å². The highest BCUT2D eigenvalue weighted by atomic mass is 35.5. The maximum atomic E-state index is 13.0. The molecule has 10 heteroatoms. The third-order valence-corrected chi connectivity index (χ3v) is 6.31. The Hall–Kier alpha value is -2.42. The molecule has 3 nitrogen and oxygen atoms in total. The number of hydrogen-bond acceptors (Lipinski definition) is 3. The van der Waals surface area contributed by atoms with E-state index in [2.05, 4.69) is 0 Å². The highest BCUT2D eigenvalue weighted by Crippen LogP contribution is 2.50. The Balaban J connectivity index is 2.00. The number of alkyl halides is 6. The highest BCUT2D eigenvalue weighted by Gasteiger charge is 2.40. The fourth-order valence-corrected chi connectivity index (χ4v) is 4.45. The minimum atomic E-state index is -4.63. The van der Waals surface area contributed by atoms with E-state index in [9.17, 15) is 31.1 Å². The molecule has 0 amide bonds. The van der Waals surface area contributed by atoms with Crippen LogP contribution < -0.4 is 4.74 Å². The first-order valence-corrected chi connectivity index (χ1v) is 11.1. The van der Waals surface area contributed by atoms with Gasteiger partial charge in [-0.2, -0.15) is 26.3 Å². The van der Waals surface area contributed by atoms with Crippen LogP contribution in [0.5, 0.6) is 5.75 Å². The van der Waals surface area contributed by atoms with Gasteiger partial charge in [-0.1, -0.05) is 30.7 Å². The lowest BCUT2D eigenvalue weighted by molar-refractivity contribution is -0.153. The molecule has 0 radical (unpaired) electrons. The standard InChI is InChI=1S/C24H23ClF6O3/c1-3-33-22(32)13(2)17-8-9-18(17)15-10-19(14-4-6-16(7-5-14)24(29,30)31)21(20(25)11-15)34-12-23(26,27)28/h4-7,10-11,13,17-18H,3,8-9,12H2,1-2H3. The van der Waals surface area contributed by atoms with Crippen molar-refractivity contribution < 1.29 is 40.6 Å². The van der Waals surface area contributed by atoms with Crippen LogP contribution in [0.3, 0.4) is 0 Å². The number of rotatable bonds is 7. The third kappa shape index (κ3) is 5.98. The van der Waals surface area contributed by atoms with Crippen LogP contribution >= 0.6 is 11.6 Å². The van der Waals surface area contributed by atoms with Crippen molar-refractivity contribution in [3.8, 4) is 16.9 Å². The number of carbonyl (C=O) groups is 1. The van der Waals surface area contributed by atoms with Crippen molar-refractivity contribution >= 4 is 17.6 Å². The summed E-state index contributed by atoms with van der Waals surface area (Å²) in [6, 6.07) is 7.09. The first-order chi connectivity index (χ1) is 15.8. The lowest BCUT2D eigenvalue weighted by Crippen LogP contribution is -2.34. The van der Waals surface area contributed by atoms with Crippen LogP contribution in [0.1, 0.15) is 43.7 Å². The fourth-order valence-electron chi connectivity index (χ4n) is 4.17. The van der Waals surface area contributed by atoms with Gasteiger partial charge in [-0.15, -0.1) is 0 Å². The normalized spacial score (nSPS) is 19.3. The second-order valence-corrected chi connectivity index (χ2v) is 8.65. The molecule has 0 bridgehead atoms. The zero-order valence-electron chi connectivity index (χ0n) is 18.4. The lowest BCUT2D eigenvalue weighted by Gasteiger charge is -2.40. The van der Waals surface area contributed by atoms with Gasteiger partial charge in [0.2, 0.25) is 0 Å². The van der Waals surface area contributed by atoms with Crippen LogP contribution in [0, 0.1) is 11.8 Å². The van der Waals surface area contributed by atoms with Gasteiger partial charge >= 0.3 is 18.3 Å². The SMILES string of the molecule is CCOC(=O)C(C)C1CCC1c1cc(Cl)c(OCC(F)(F)F)c(-c2ccc(C(F)(F)F)cc2)c1. The molecule has 1 fully saturated rings. The second kappa shape index (κ2) is 10.1. The Morgan fingerprint density at radius 3 is 2.24 bits per heavy atom. The summed E-state index contributed by atoms with van der Waals surface area (Å²) in [5, 5.41) is -0.0916. The quantitative estimate of drug-likeness (QED) is 0.284. The Bertz CT molecular complexity index is 1020. The number of benzene rings is 2. The van der Waals surface area contributed by atoms with E-state index in [-0.39, 0.29) is 46.3 Å². The van der Waals surface area contributed by atoms with E-state index in [0.29, 0.717) is 5.56 Å². The van der Waals surface area contributed by atoms with E-state index in [1.807, 2.05) is 0 Å². The average Bonchev–Trinajstić information content (AvgIpc) is 2.70. The number of esters is 1. The summed E-state index contributed by atoms with van der Waals surface area (Å²) in [6.45, 7) is 2.11. The van der Waals surface area contributed by atoms with E-state index in [1.54, 1.807) is 19.9 Å². The van der Waals surface area contributed by atoms with Crippen molar-refractivity contribution in [3.63, 3.8) is 0 Å². The number of carbonyl (C=O) groups excluding carboxylic acids is 1. The van der Waals surface area contributed by atoms with Crippen molar-refractivity contribution in [2.24, 2.45) is 11.8 Å². The highest BCUT2D eigenvalue weighted by molar-refractivity contribution is 6.32. The Kier molecular flexibility index (Phi) is 7.75. The Labute approximate surface area is 198 Å². The molecule has 186 valence electrons. The van der Waals surface area contributed by atoms with Crippen LogP contribution in [0.2, 0.25) is 5.02 Å². The summed E-state index contributed by atoms with van der Waals surface area (Å²) in [5.74, 6) is -1.17. The Morgan fingerprint density at radius 2 is 1.74 bits per heavy atom. The topological polar surface area (TPSA) is 35.5 Å². The van der Waals surface area contributed by atoms with Gasteiger partial charge in [-0.3, -0.25) is 4.79 Å². The molecule has 1 saturated carbocycles. The summed E-state index contributed by atoms with van der Waals surface area (Å²) < 4.78 is 87.4. The molecule has 0 heterocycles. The smallest absolute Gasteiger partial charge is 0.422 e. The molecule has 0 spiro atoms. The van der Waals surface area contributed by atoms with E-state index < -0.39 is 30.4 Å². The summed E-state index contributed by atoms with van der Waals surface area (Å²) >= 11 is 6.32. The molecule has 0 N–H and O–H groups in total. The molecule has 34 heavy (non-hydrogen) atoms. The van der Waals surface area contributed by atoms with E-state index in [4.69, 9.17) is 21.1 Å². The van der Waals surface area contributed by atoms with Gasteiger partial charge in [0.25, 0.3) is 0 Å². The molecule has 0 aromatic heterocycles. The minimum absolute atomic E-state index is 0.0579. The maximum absolute atomic E-state index is 13.0. The van der Waals surface area contributed by atoms with Gasteiger partial charge in [0.1, 0.15) is 5.75 Å². The number of halogens is 7. The first-order valence-electron chi connectivity index (χ1n) is 10.7. The zero-order valence-corrected chi connectivity index (χ0v) is 19.2. The third-order valence-electron chi connectivity index (χ3n) is 6.03. The van der Waals surface area contributed by atoms with Gasteiger partial charge in [-0.25, -0.2) is 0 Å². The lowest BCUT2D eigenvalue weighted by atomic mass is 9.64. The summed E-state index contributed by atoms with van der Waals surface area (Å²) in [4.78, 5) is 12.2. The molecule has 1 aliphatic carbocycles. The van der Waals surface area contributed by atoms with Crippen molar-refractivity contribution in [2.75, 3.05) is 13.2 Å². The van der Waals surface area contributed by atoms with Crippen molar-refractivity contribution in [1.29, 1.82) is 0 Å². The number of hydrogen-bond donors (Lipinski definition) is 0. The van der Waals surface area contributed by atoms with E-state index in [1.165, 1.54) is 6.07 Å². The van der Waals surface area contributed by atoms with Crippen LogP contribution in [0.4, 0.5) is 26.3 Å². The molecule has 0 aliphatic heterocycles. The largest absolute Gasteiger partial charge is 0.482 e. The van der Waals surface area contributed by atoms with Gasteiger partial charge in [0.05, 0.1) is 23.1 Å². The van der Waals surface area contributed by atoms with Crippen LogP contribution in [-0.2, 0) is 15.7 Å². The van der Waals surface area contributed by atoms with Crippen LogP contribution in [0.25, 0.3) is 11.1 Å². The monoisotopic (exact) mass is 508 g/mol. The predicted octanol–water partition coefficient (Wildman–Crippen LogP) is 7.66. The van der Waals surface area contributed by atoms with Gasteiger partial charge in [-0.05, 0) is 67.0 Å². The average molecular weight is 509 g/mol. The predicted molar refractivity (Wildman–Crippen MR) is 115 cm³/mol. The number of ether oxygens (including phenoxy) is 2. The minimum Gasteiger partial charge on any atom is -0.482 e. The summed E-state index contributed by atoms with van der Waals surface area (Å²) in [5.41, 5.74) is 0.156. The molecule has 3 unspecified atom stereocenters. The second-order valence-electron chi connectivity index (χ2n) is 8.25.